The first-order valence-corrected chi connectivity index (χ1v) is 10.5. The van der Waals surface area contributed by atoms with Crippen LogP contribution in [-0.2, 0) is 19.1 Å². The first kappa shape index (κ1) is 24.3. The van der Waals surface area contributed by atoms with E-state index >= 15 is 0 Å². The van der Waals surface area contributed by atoms with Crippen LogP contribution < -0.4 is 4.74 Å². The van der Waals surface area contributed by atoms with Gasteiger partial charge in [-0.05, 0) is 35.4 Å². The molecule has 0 saturated carbocycles. The molecular formula is C24H28FN3O5. The summed E-state index contributed by atoms with van der Waals surface area (Å²) in [4.78, 5) is 27.1. The molecule has 8 nitrogen and oxygen atoms in total. The normalized spacial score (nSPS) is 15.3. The molecule has 33 heavy (non-hydrogen) atoms. The highest BCUT2D eigenvalue weighted by molar-refractivity contribution is 6.03. The lowest BCUT2D eigenvalue weighted by Crippen LogP contribution is -2.44. The van der Waals surface area contributed by atoms with Crippen LogP contribution in [0.3, 0.4) is 0 Å². The van der Waals surface area contributed by atoms with Crippen molar-refractivity contribution >= 4 is 17.5 Å². The number of hydrazone groups is 1. The Hall–Kier alpha value is -3.30. The molecule has 0 aromatic heterocycles. The molecule has 9 heteroatoms. The van der Waals surface area contributed by atoms with Crippen LogP contribution in [0.1, 0.15) is 23.6 Å². The zero-order chi connectivity index (χ0) is 23.8. The Morgan fingerprint density at radius 2 is 1.76 bits per heavy atom. The van der Waals surface area contributed by atoms with Gasteiger partial charge in [0.25, 0.3) is 5.91 Å². The van der Waals surface area contributed by atoms with Crippen LogP contribution in [0, 0.1) is 5.82 Å². The summed E-state index contributed by atoms with van der Waals surface area (Å²) in [5, 5.41) is 5.98. The number of nitrogens with zero attached hydrogens (tertiary/aromatic N) is 3. The number of ether oxygens (including phenoxy) is 3. The van der Waals surface area contributed by atoms with Crippen molar-refractivity contribution in [2.75, 3.05) is 47.6 Å². The number of carbonyl (C=O) groups is 2. The van der Waals surface area contributed by atoms with E-state index in [0.29, 0.717) is 17.9 Å². The van der Waals surface area contributed by atoms with Gasteiger partial charge in [-0.15, -0.1) is 0 Å². The third-order valence-electron chi connectivity index (χ3n) is 5.36. The van der Waals surface area contributed by atoms with E-state index in [2.05, 4.69) is 5.10 Å². The van der Waals surface area contributed by atoms with Crippen molar-refractivity contribution in [3.8, 4) is 5.75 Å². The fourth-order valence-corrected chi connectivity index (χ4v) is 3.59. The molecule has 3 rings (SSSR count). The van der Waals surface area contributed by atoms with Gasteiger partial charge in [0.15, 0.2) is 0 Å². The monoisotopic (exact) mass is 457 g/mol. The van der Waals surface area contributed by atoms with Crippen molar-refractivity contribution in [1.29, 1.82) is 0 Å². The topological polar surface area (TPSA) is 80.7 Å². The van der Waals surface area contributed by atoms with Crippen molar-refractivity contribution in [1.82, 2.24) is 9.91 Å². The molecule has 0 N–H and O–H groups in total. The zero-order valence-corrected chi connectivity index (χ0v) is 19.0. The predicted octanol–water partition coefficient (Wildman–Crippen LogP) is 2.63. The molecule has 1 aliphatic heterocycles. The minimum atomic E-state index is -0.370. The third-order valence-corrected chi connectivity index (χ3v) is 5.36. The standard InChI is InChI=1S/C24H28FN3O5/c1-31-13-12-27(24(30)16-32-2)15-23(29)28-22(18-6-10-20(33-3)11-7-18)14-21(26-28)17-4-8-19(25)9-5-17/h4-11,22H,12-16H2,1-3H3/t22-/m1/s1. The van der Waals surface area contributed by atoms with Crippen molar-refractivity contribution in [2.24, 2.45) is 5.10 Å². The second-order valence-corrected chi connectivity index (χ2v) is 7.53. The molecule has 1 aliphatic rings. The van der Waals surface area contributed by atoms with Crippen LogP contribution in [0.5, 0.6) is 5.75 Å². The fourth-order valence-electron chi connectivity index (χ4n) is 3.59. The van der Waals surface area contributed by atoms with E-state index in [0.717, 1.165) is 11.1 Å². The number of hydrogen-bond donors (Lipinski definition) is 0. The smallest absolute Gasteiger partial charge is 0.262 e. The van der Waals surface area contributed by atoms with Gasteiger partial charge in [0, 0.05) is 27.2 Å². The van der Waals surface area contributed by atoms with Gasteiger partial charge < -0.3 is 19.1 Å². The fraction of sp³-hybridized carbons (Fsp3) is 0.375. The lowest BCUT2D eigenvalue weighted by Gasteiger charge is -2.27. The molecule has 1 heterocycles. The van der Waals surface area contributed by atoms with Gasteiger partial charge in [0.1, 0.15) is 24.7 Å². The van der Waals surface area contributed by atoms with Crippen LogP contribution in [0.4, 0.5) is 4.39 Å². The maximum absolute atomic E-state index is 13.4. The number of halogens is 1. The molecule has 0 unspecified atom stereocenters. The van der Waals surface area contributed by atoms with E-state index in [4.69, 9.17) is 14.2 Å². The molecule has 0 spiro atoms. The molecule has 0 aliphatic carbocycles. The molecule has 0 bridgehead atoms. The maximum atomic E-state index is 13.4. The van der Waals surface area contributed by atoms with E-state index in [-0.39, 0.29) is 50.0 Å². The number of benzene rings is 2. The molecule has 0 saturated heterocycles. The lowest BCUT2D eigenvalue weighted by atomic mass is 9.98. The van der Waals surface area contributed by atoms with Crippen molar-refractivity contribution < 1.29 is 28.2 Å². The van der Waals surface area contributed by atoms with Gasteiger partial charge in [-0.2, -0.15) is 5.10 Å². The Bertz CT molecular complexity index is 979. The molecule has 0 fully saturated rings. The summed E-state index contributed by atoms with van der Waals surface area (Å²) in [6.07, 6.45) is 0.452. The van der Waals surface area contributed by atoms with Gasteiger partial charge in [0.05, 0.1) is 25.5 Å². The van der Waals surface area contributed by atoms with Crippen molar-refractivity contribution in [2.45, 2.75) is 12.5 Å². The Kier molecular flexibility index (Phi) is 8.51. The minimum absolute atomic E-state index is 0.136. The van der Waals surface area contributed by atoms with E-state index in [9.17, 15) is 14.0 Å². The summed E-state index contributed by atoms with van der Waals surface area (Å²) in [6.45, 7) is 0.232. The van der Waals surface area contributed by atoms with Gasteiger partial charge in [0.2, 0.25) is 5.91 Å². The Labute approximate surface area is 192 Å². The molecular weight excluding hydrogens is 429 g/mol. The third kappa shape index (κ3) is 6.15. The second-order valence-electron chi connectivity index (χ2n) is 7.53. The Morgan fingerprint density at radius 1 is 1.06 bits per heavy atom. The summed E-state index contributed by atoms with van der Waals surface area (Å²) in [7, 11) is 4.54. The lowest BCUT2D eigenvalue weighted by molar-refractivity contribution is -0.144. The van der Waals surface area contributed by atoms with Crippen LogP contribution in [0.15, 0.2) is 53.6 Å². The molecule has 176 valence electrons. The highest BCUT2D eigenvalue weighted by atomic mass is 19.1. The summed E-state index contributed by atoms with van der Waals surface area (Å²) < 4.78 is 28.7. The van der Waals surface area contributed by atoms with Gasteiger partial charge in [-0.25, -0.2) is 9.40 Å². The average Bonchev–Trinajstić information content (AvgIpc) is 3.28. The Morgan fingerprint density at radius 3 is 2.36 bits per heavy atom. The van der Waals surface area contributed by atoms with Crippen molar-refractivity contribution in [3.63, 3.8) is 0 Å². The van der Waals surface area contributed by atoms with Crippen LogP contribution in [0.25, 0.3) is 0 Å². The van der Waals surface area contributed by atoms with Crippen LogP contribution >= 0.6 is 0 Å². The zero-order valence-electron chi connectivity index (χ0n) is 19.0. The molecule has 1 atom stereocenters. The minimum Gasteiger partial charge on any atom is -0.497 e. The number of hydrogen-bond acceptors (Lipinski definition) is 6. The molecule has 0 radical (unpaired) electrons. The van der Waals surface area contributed by atoms with Crippen LogP contribution in [-0.4, -0.2) is 75.1 Å². The molecule has 2 aromatic rings. The van der Waals surface area contributed by atoms with Crippen molar-refractivity contribution in [3.05, 3.63) is 65.5 Å². The highest BCUT2D eigenvalue weighted by Crippen LogP contribution is 2.33. The average molecular weight is 458 g/mol. The second kappa shape index (κ2) is 11.5. The Balaban J connectivity index is 1.88. The quantitative estimate of drug-likeness (QED) is 0.548. The number of rotatable bonds is 10. The summed E-state index contributed by atoms with van der Waals surface area (Å²) in [6, 6.07) is 13.0. The first-order valence-electron chi connectivity index (χ1n) is 10.5. The number of carbonyl (C=O) groups excluding carboxylic acids is 2. The highest BCUT2D eigenvalue weighted by Gasteiger charge is 2.34. The predicted molar refractivity (Wildman–Crippen MR) is 120 cm³/mol. The van der Waals surface area contributed by atoms with E-state index in [1.54, 1.807) is 19.2 Å². The van der Waals surface area contributed by atoms with Crippen LogP contribution in [0.2, 0.25) is 0 Å². The van der Waals surface area contributed by atoms with Gasteiger partial charge in [-0.3, -0.25) is 9.59 Å². The molecule has 2 aromatic carbocycles. The first-order chi connectivity index (χ1) is 16.0. The molecule has 2 amide bonds. The summed E-state index contributed by atoms with van der Waals surface area (Å²) >= 11 is 0. The number of methoxy groups -OCH3 is 3. The van der Waals surface area contributed by atoms with E-state index < -0.39 is 0 Å². The SMILES string of the molecule is COCCN(CC(=O)N1N=C(c2ccc(F)cc2)C[C@@H]1c1ccc(OC)cc1)C(=O)COC. The van der Waals surface area contributed by atoms with Gasteiger partial charge in [-0.1, -0.05) is 24.3 Å². The van der Waals surface area contributed by atoms with Gasteiger partial charge >= 0.3 is 0 Å². The van der Waals surface area contributed by atoms with E-state index in [1.165, 1.54) is 36.3 Å². The van der Waals surface area contributed by atoms with E-state index in [1.807, 2.05) is 24.3 Å². The summed E-state index contributed by atoms with van der Waals surface area (Å²) in [5.74, 6) is -0.299. The summed E-state index contributed by atoms with van der Waals surface area (Å²) in [5.41, 5.74) is 2.27. The maximum Gasteiger partial charge on any atom is 0.262 e. The largest absolute Gasteiger partial charge is 0.497 e. The number of amides is 2.